The van der Waals surface area contributed by atoms with Gasteiger partial charge in [-0.2, -0.15) is 0 Å². The number of hydrogen-bond acceptors (Lipinski definition) is 5. The highest BCUT2D eigenvalue weighted by Gasteiger charge is 2.17. The van der Waals surface area contributed by atoms with Gasteiger partial charge in [-0.1, -0.05) is 0 Å². The van der Waals surface area contributed by atoms with Gasteiger partial charge in [0.1, 0.15) is 6.10 Å². The van der Waals surface area contributed by atoms with E-state index in [1.54, 1.807) is 12.1 Å². The van der Waals surface area contributed by atoms with Gasteiger partial charge in [0, 0.05) is 31.1 Å². The van der Waals surface area contributed by atoms with Crippen LogP contribution in [0, 0.1) is 5.82 Å². The summed E-state index contributed by atoms with van der Waals surface area (Å²) in [5.41, 5.74) is 0.536. The lowest BCUT2D eigenvalue weighted by molar-refractivity contribution is 0.0240. The lowest BCUT2D eigenvalue weighted by Crippen LogP contribution is -2.26. The molecule has 1 aliphatic heterocycles. The molecule has 20 heavy (non-hydrogen) atoms. The third-order valence-electron chi connectivity index (χ3n) is 3.15. The van der Waals surface area contributed by atoms with E-state index in [0.29, 0.717) is 18.9 Å². The Morgan fingerprint density at radius 3 is 2.80 bits per heavy atom. The average Bonchev–Trinajstić information content (AvgIpc) is 2.48. The van der Waals surface area contributed by atoms with E-state index in [-0.39, 0.29) is 25.0 Å². The van der Waals surface area contributed by atoms with Crippen LogP contribution in [0.2, 0.25) is 0 Å². The molecule has 2 rings (SSSR count). The van der Waals surface area contributed by atoms with Crippen LogP contribution in [0.4, 0.5) is 10.1 Å². The van der Waals surface area contributed by atoms with Gasteiger partial charge in [-0.05, 0) is 12.1 Å². The monoisotopic (exact) mass is 285 g/mol. The minimum atomic E-state index is -0.865. The number of nitrogens with one attached hydrogen (secondary N) is 1. The number of aliphatic hydroxyl groups excluding tert-OH is 2. The van der Waals surface area contributed by atoms with Crippen LogP contribution < -0.4 is 10.1 Å². The van der Waals surface area contributed by atoms with E-state index in [0.717, 1.165) is 12.8 Å². The van der Waals surface area contributed by atoms with Crippen molar-refractivity contribution in [2.75, 3.05) is 31.7 Å². The zero-order chi connectivity index (χ0) is 14.4. The summed E-state index contributed by atoms with van der Waals surface area (Å²) in [6.45, 7) is 1.12. The van der Waals surface area contributed by atoms with E-state index in [9.17, 15) is 9.50 Å². The van der Waals surface area contributed by atoms with Crippen LogP contribution >= 0.6 is 0 Å². The van der Waals surface area contributed by atoms with Crippen molar-refractivity contribution in [1.29, 1.82) is 0 Å². The first-order chi connectivity index (χ1) is 9.69. The summed E-state index contributed by atoms with van der Waals surface area (Å²) in [6.07, 6.45) is 0.661. The maximum Gasteiger partial charge on any atom is 0.167 e. The largest absolute Gasteiger partial charge is 0.487 e. The van der Waals surface area contributed by atoms with Crippen molar-refractivity contribution < 1.29 is 24.1 Å². The van der Waals surface area contributed by atoms with Crippen LogP contribution in [0.15, 0.2) is 18.2 Å². The summed E-state index contributed by atoms with van der Waals surface area (Å²) >= 11 is 0. The maximum atomic E-state index is 13.9. The third-order valence-corrected chi connectivity index (χ3v) is 3.15. The molecule has 1 aromatic rings. The predicted octanol–water partition coefficient (Wildman–Crippen LogP) is 1.15. The number of rotatable bonds is 6. The highest BCUT2D eigenvalue weighted by atomic mass is 19.1. The van der Waals surface area contributed by atoms with Crippen molar-refractivity contribution in [1.82, 2.24) is 0 Å². The lowest BCUT2D eigenvalue weighted by Gasteiger charge is -2.23. The smallest absolute Gasteiger partial charge is 0.167 e. The first-order valence-electron chi connectivity index (χ1n) is 6.76. The Morgan fingerprint density at radius 1 is 1.40 bits per heavy atom. The molecule has 112 valence electrons. The molecular formula is C14H20FNO4. The Balaban J connectivity index is 1.91. The molecule has 1 heterocycles. The molecule has 6 heteroatoms. The maximum absolute atomic E-state index is 13.9. The second-order valence-corrected chi connectivity index (χ2v) is 4.79. The lowest BCUT2D eigenvalue weighted by atomic mass is 10.1. The summed E-state index contributed by atoms with van der Waals surface area (Å²) < 4.78 is 24.7. The van der Waals surface area contributed by atoms with E-state index >= 15 is 0 Å². The summed E-state index contributed by atoms with van der Waals surface area (Å²) in [6, 6.07) is 4.57. The second-order valence-electron chi connectivity index (χ2n) is 4.79. The number of ether oxygens (including phenoxy) is 2. The minimum Gasteiger partial charge on any atom is -0.487 e. The molecule has 5 nitrogen and oxygen atoms in total. The molecule has 1 atom stereocenters. The standard InChI is InChI=1S/C14H20FNO4/c15-13-7-10(16-8-11(18)9-17)1-2-14(13)20-12-3-5-19-6-4-12/h1-2,7,11-12,16-18H,3-6,8-9H2. The van der Waals surface area contributed by atoms with Gasteiger partial charge in [-0.25, -0.2) is 4.39 Å². The predicted molar refractivity (Wildman–Crippen MR) is 72.5 cm³/mol. The van der Waals surface area contributed by atoms with Gasteiger partial charge in [0.25, 0.3) is 0 Å². The van der Waals surface area contributed by atoms with Gasteiger partial charge >= 0.3 is 0 Å². The van der Waals surface area contributed by atoms with Gasteiger partial charge in [0.15, 0.2) is 11.6 Å². The number of halogens is 1. The van der Waals surface area contributed by atoms with Gasteiger partial charge in [0.2, 0.25) is 0 Å². The van der Waals surface area contributed by atoms with Gasteiger partial charge < -0.3 is 25.0 Å². The topological polar surface area (TPSA) is 71.0 Å². The Kier molecular flexibility index (Phi) is 5.58. The van der Waals surface area contributed by atoms with Crippen LogP contribution in [0.1, 0.15) is 12.8 Å². The van der Waals surface area contributed by atoms with Crippen molar-refractivity contribution >= 4 is 5.69 Å². The SMILES string of the molecule is OCC(O)CNc1ccc(OC2CCOCC2)c(F)c1. The van der Waals surface area contributed by atoms with Crippen molar-refractivity contribution in [2.24, 2.45) is 0 Å². The number of benzene rings is 1. The highest BCUT2D eigenvalue weighted by molar-refractivity contribution is 5.47. The quantitative estimate of drug-likeness (QED) is 0.731. The fourth-order valence-corrected chi connectivity index (χ4v) is 1.98. The van der Waals surface area contributed by atoms with E-state index in [4.69, 9.17) is 14.6 Å². The minimum absolute atomic E-state index is 0.00623. The molecule has 0 amide bonds. The average molecular weight is 285 g/mol. The molecule has 1 unspecified atom stereocenters. The Morgan fingerprint density at radius 2 is 2.15 bits per heavy atom. The summed E-state index contributed by atoms with van der Waals surface area (Å²) in [7, 11) is 0. The molecule has 1 saturated heterocycles. The molecule has 0 spiro atoms. The van der Waals surface area contributed by atoms with Crippen LogP contribution in [0.25, 0.3) is 0 Å². The van der Waals surface area contributed by atoms with E-state index in [1.807, 2.05) is 0 Å². The van der Waals surface area contributed by atoms with Gasteiger partial charge in [0.05, 0.1) is 25.9 Å². The molecular weight excluding hydrogens is 265 g/mol. The molecule has 1 aromatic carbocycles. The number of anilines is 1. The van der Waals surface area contributed by atoms with Crippen LogP contribution in [-0.4, -0.2) is 48.8 Å². The van der Waals surface area contributed by atoms with Crippen molar-refractivity contribution in [3.8, 4) is 5.75 Å². The molecule has 0 aliphatic carbocycles. The first-order valence-corrected chi connectivity index (χ1v) is 6.76. The first kappa shape index (κ1) is 15.0. The van der Waals surface area contributed by atoms with Crippen molar-refractivity contribution in [3.05, 3.63) is 24.0 Å². The van der Waals surface area contributed by atoms with Crippen molar-refractivity contribution in [2.45, 2.75) is 25.0 Å². The van der Waals surface area contributed by atoms with E-state index in [1.165, 1.54) is 6.07 Å². The normalized spacial score (nSPS) is 17.8. The van der Waals surface area contributed by atoms with Crippen LogP contribution in [-0.2, 0) is 4.74 Å². The van der Waals surface area contributed by atoms with Crippen LogP contribution in [0.5, 0.6) is 5.75 Å². The fraction of sp³-hybridized carbons (Fsp3) is 0.571. The summed E-state index contributed by atoms with van der Waals surface area (Å²) in [4.78, 5) is 0. The van der Waals surface area contributed by atoms with Crippen LogP contribution in [0.3, 0.4) is 0 Å². The fourth-order valence-electron chi connectivity index (χ4n) is 1.98. The molecule has 0 radical (unpaired) electrons. The summed E-state index contributed by atoms with van der Waals surface area (Å²) in [5.74, 6) is -0.217. The summed E-state index contributed by atoms with van der Waals surface area (Å²) in [5, 5.41) is 20.8. The Labute approximate surface area is 117 Å². The zero-order valence-corrected chi connectivity index (χ0v) is 11.2. The molecule has 3 N–H and O–H groups in total. The highest BCUT2D eigenvalue weighted by Crippen LogP contribution is 2.24. The van der Waals surface area contributed by atoms with Gasteiger partial charge in [-0.3, -0.25) is 0 Å². The molecule has 0 saturated carbocycles. The Bertz CT molecular complexity index is 424. The molecule has 0 aromatic heterocycles. The van der Waals surface area contributed by atoms with E-state index < -0.39 is 11.9 Å². The van der Waals surface area contributed by atoms with E-state index in [2.05, 4.69) is 5.32 Å². The molecule has 1 fully saturated rings. The van der Waals surface area contributed by atoms with Crippen molar-refractivity contribution in [3.63, 3.8) is 0 Å². The second kappa shape index (κ2) is 7.42. The Hall–Kier alpha value is -1.37. The third kappa shape index (κ3) is 4.33. The zero-order valence-electron chi connectivity index (χ0n) is 11.2. The van der Waals surface area contributed by atoms with Gasteiger partial charge in [-0.15, -0.1) is 0 Å². The number of aliphatic hydroxyl groups is 2. The molecule has 1 aliphatic rings. The number of hydrogen-bond donors (Lipinski definition) is 3. The molecule has 0 bridgehead atoms.